The van der Waals surface area contributed by atoms with Gasteiger partial charge in [-0.1, -0.05) is 0 Å². The average molecular weight is 273 g/mol. The largest absolute Gasteiger partial charge is 0.633 e. The fourth-order valence-corrected chi connectivity index (χ4v) is 0.300. The van der Waals surface area contributed by atoms with Crippen LogP contribution in [0.5, 0.6) is 0 Å². The molecule has 6 nitrogen and oxygen atoms in total. The van der Waals surface area contributed by atoms with Gasteiger partial charge in [0, 0.05) is 13.0 Å². The minimum Gasteiger partial charge on any atom is -0.402 e. The molecular weight excluding hydrogens is 251 g/mol. The van der Waals surface area contributed by atoms with E-state index in [0.29, 0.717) is 0 Å². The summed E-state index contributed by atoms with van der Waals surface area (Å²) in [5, 5.41) is 34.2. The Labute approximate surface area is 106 Å². The molecule has 0 heterocycles. The summed E-state index contributed by atoms with van der Waals surface area (Å²) in [5.74, 6) is 0. The van der Waals surface area contributed by atoms with Crippen molar-refractivity contribution in [1.82, 2.24) is 0 Å². The number of aliphatic hydroxyl groups is 2. The fraction of sp³-hybridized carbons (Fsp3) is 1.00. The Balaban J connectivity index is 0. The van der Waals surface area contributed by atoms with Gasteiger partial charge >= 0.3 is 13.4 Å². The monoisotopic (exact) mass is 273 g/mol. The molecule has 0 aliphatic rings. The molecule has 18 heavy (non-hydrogen) atoms. The van der Waals surface area contributed by atoms with Crippen molar-refractivity contribution in [1.29, 1.82) is 0 Å². The number of rotatable bonds is 5. The summed E-state index contributed by atoms with van der Waals surface area (Å²) in [6.07, 6.45) is -0.732. The number of hydrogen-bond acceptors (Lipinski definition) is 6. The van der Waals surface area contributed by atoms with Crippen LogP contribution in [-0.2, 0) is 4.65 Å². The summed E-state index contributed by atoms with van der Waals surface area (Å²) in [5.41, 5.74) is 2.23. The molecule has 0 aromatic heterocycles. The van der Waals surface area contributed by atoms with Gasteiger partial charge in [0.1, 0.15) is 0 Å². The van der Waals surface area contributed by atoms with Crippen LogP contribution in [0, 0.1) is 0 Å². The van der Waals surface area contributed by atoms with E-state index in [1.807, 2.05) is 0 Å². The van der Waals surface area contributed by atoms with Crippen LogP contribution in [0.1, 0.15) is 34.1 Å². The van der Waals surface area contributed by atoms with E-state index in [2.05, 4.69) is 10.4 Å². The third kappa shape index (κ3) is 13.7. The Morgan fingerprint density at radius 3 is 1.56 bits per heavy atom. The summed E-state index contributed by atoms with van der Waals surface area (Å²) in [6, 6.07) is -3.31. The second-order valence-electron chi connectivity index (χ2n) is 4.83. The Bertz CT molecular complexity index is 210. The quantitative estimate of drug-likeness (QED) is 0.339. The van der Waals surface area contributed by atoms with E-state index in [1.54, 1.807) is 27.7 Å². The van der Waals surface area contributed by atoms with E-state index >= 15 is 0 Å². The first-order valence-corrected chi connectivity index (χ1v) is 5.26. The predicted octanol–water partition coefficient (Wildman–Crippen LogP) is -0.558. The van der Waals surface area contributed by atoms with Crippen LogP contribution in [-0.4, -0.2) is 51.4 Å². The highest BCUT2D eigenvalue weighted by molar-refractivity contribution is 6.32. The first-order valence-electron chi connectivity index (χ1n) is 5.26. The van der Waals surface area contributed by atoms with Gasteiger partial charge in [0.2, 0.25) is 0 Å². The van der Waals surface area contributed by atoms with Crippen molar-refractivity contribution in [3.8, 4) is 0 Å². The van der Waals surface area contributed by atoms with Crippen molar-refractivity contribution in [2.75, 3.05) is 6.61 Å². The maximum Gasteiger partial charge on any atom is 0.633 e. The van der Waals surface area contributed by atoms with Crippen molar-refractivity contribution in [3.63, 3.8) is 0 Å². The number of alkyl halides is 2. The highest BCUT2D eigenvalue weighted by atomic mass is 19.3. The second kappa shape index (κ2) is 7.32. The van der Waals surface area contributed by atoms with Crippen LogP contribution in [0.25, 0.3) is 0 Å². The molecule has 110 valence electrons. The summed E-state index contributed by atoms with van der Waals surface area (Å²) in [7, 11) is -2.01. The van der Waals surface area contributed by atoms with Crippen molar-refractivity contribution in [3.05, 3.63) is 0 Å². The van der Waals surface area contributed by atoms with Gasteiger partial charge in [-0.05, 0) is 27.7 Å². The number of hydrogen-bond donors (Lipinski definition) is 5. The molecule has 0 aliphatic heterocycles. The van der Waals surface area contributed by atoms with E-state index in [-0.39, 0.29) is 0 Å². The summed E-state index contributed by atoms with van der Waals surface area (Å²) in [4.78, 5) is 0. The Hall–Kier alpha value is -0.315. The molecule has 0 amide bonds. The zero-order valence-electron chi connectivity index (χ0n) is 11.0. The number of nitrogens with two attached hydrogens (primary N) is 1. The zero-order valence-corrected chi connectivity index (χ0v) is 11.0. The van der Waals surface area contributed by atoms with Gasteiger partial charge in [0.25, 0.3) is 0 Å². The van der Waals surface area contributed by atoms with Crippen LogP contribution in [0.15, 0.2) is 0 Å². The average Bonchev–Trinajstić information content (AvgIpc) is 1.96. The van der Waals surface area contributed by atoms with Crippen molar-refractivity contribution < 1.29 is 33.7 Å². The lowest BCUT2D eigenvalue weighted by molar-refractivity contribution is -0.107. The highest BCUT2D eigenvalue weighted by Gasteiger charge is 2.31. The lowest BCUT2D eigenvalue weighted by atomic mass is 9.90. The molecule has 0 saturated heterocycles. The molecule has 0 radical (unpaired) electrons. The second-order valence-corrected chi connectivity index (χ2v) is 4.83. The van der Waals surface area contributed by atoms with Crippen LogP contribution >= 0.6 is 0 Å². The summed E-state index contributed by atoms with van der Waals surface area (Å²) in [6.45, 7) is 5.82. The molecular formula is C9H22BF2NO5. The first kappa shape index (κ1) is 20.0. The third-order valence-corrected chi connectivity index (χ3v) is 2.20. The first-order chi connectivity index (χ1) is 7.67. The van der Waals surface area contributed by atoms with E-state index in [1.165, 1.54) is 0 Å². The molecule has 0 aromatic rings. The highest BCUT2D eigenvalue weighted by Crippen LogP contribution is 2.19. The van der Waals surface area contributed by atoms with Gasteiger partial charge in [-0.25, -0.2) is 0 Å². The van der Waals surface area contributed by atoms with Crippen LogP contribution < -0.4 is 5.73 Å². The Kier molecular flexibility index (Phi) is 8.14. The third-order valence-electron chi connectivity index (χ3n) is 2.20. The molecule has 0 atom stereocenters. The number of halogens is 2. The van der Waals surface area contributed by atoms with Crippen LogP contribution in [0.4, 0.5) is 8.78 Å². The molecule has 0 fully saturated rings. The van der Waals surface area contributed by atoms with Crippen LogP contribution in [0.2, 0.25) is 0 Å². The summed E-state index contributed by atoms with van der Waals surface area (Å²) >= 11 is 0. The standard InChI is InChI=1S/C6H14O2.C3H8BF2NO3/c1-5(2,7)6(3,4)8;5-3(6,7)1-2-10-4(8)9/h7-8H,1-4H3;8-9H,1-2,7H2. The molecule has 9 heteroatoms. The molecule has 0 bridgehead atoms. The smallest absolute Gasteiger partial charge is 0.402 e. The van der Waals surface area contributed by atoms with E-state index in [0.717, 1.165) is 0 Å². The molecule has 0 unspecified atom stereocenters. The van der Waals surface area contributed by atoms with Crippen LogP contribution in [0.3, 0.4) is 0 Å². The van der Waals surface area contributed by atoms with Crippen molar-refractivity contribution >= 4 is 7.32 Å². The maximum atomic E-state index is 11.7. The topological polar surface area (TPSA) is 116 Å². The molecule has 0 rings (SSSR count). The normalized spacial score (nSPS) is 12.8. The fourth-order valence-electron chi connectivity index (χ4n) is 0.300. The van der Waals surface area contributed by atoms with Gasteiger partial charge in [-0.3, -0.25) is 5.73 Å². The van der Waals surface area contributed by atoms with Gasteiger partial charge < -0.3 is 24.9 Å². The van der Waals surface area contributed by atoms with E-state index < -0.39 is 37.6 Å². The SMILES string of the molecule is CC(C)(O)C(C)(C)O.NC(F)(F)CCOB(O)O. The lowest BCUT2D eigenvalue weighted by Gasteiger charge is -2.31. The van der Waals surface area contributed by atoms with Crippen molar-refractivity contribution in [2.24, 2.45) is 5.73 Å². The molecule has 0 spiro atoms. The molecule has 0 aliphatic carbocycles. The lowest BCUT2D eigenvalue weighted by Crippen LogP contribution is -2.44. The van der Waals surface area contributed by atoms with E-state index in [9.17, 15) is 8.78 Å². The van der Waals surface area contributed by atoms with Gasteiger partial charge in [-0.2, -0.15) is 8.78 Å². The Morgan fingerprint density at radius 1 is 1.06 bits per heavy atom. The minimum atomic E-state index is -3.31. The molecule has 6 N–H and O–H groups in total. The van der Waals surface area contributed by atoms with E-state index in [4.69, 9.17) is 20.3 Å². The predicted molar refractivity (Wildman–Crippen MR) is 62.5 cm³/mol. The zero-order chi connectivity index (χ0) is 15.2. The van der Waals surface area contributed by atoms with Crippen molar-refractivity contribution in [2.45, 2.75) is 51.4 Å². The van der Waals surface area contributed by atoms with Gasteiger partial charge in [0.15, 0.2) is 0 Å². The molecule has 0 saturated carbocycles. The summed E-state index contributed by atoms with van der Waals surface area (Å²) < 4.78 is 27.4. The maximum absolute atomic E-state index is 11.7. The molecule has 0 aromatic carbocycles. The van der Waals surface area contributed by atoms with Gasteiger partial charge in [-0.15, -0.1) is 0 Å². The van der Waals surface area contributed by atoms with Gasteiger partial charge in [0.05, 0.1) is 11.2 Å². The minimum absolute atomic E-state index is 0.485. The Morgan fingerprint density at radius 2 is 1.39 bits per heavy atom.